The number of ether oxygens (including phenoxy) is 1. The number of methoxy groups -OCH3 is 1. The van der Waals surface area contributed by atoms with Crippen LogP contribution in [0.5, 0.6) is 5.75 Å². The number of rotatable bonds is 6. The van der Waals surface area contributed by atoms with E-state index in [-0.39, 0.29) is 0 Å². The molecule has 0 aliphatic heterocycles. The monoisotopic (exact) mass is 348 g/mol. The first-order valence-corrected chi connectivity index (χ1v) is 7.31. The van der Waals surface area contributed by atoms with Crippen LogP contribution in [0.2, 0.25) is 0 Å². The molecule has 0 atom stereocenters. The highest BCUT2D eigenvalue weighted by Crippen LogP contribution is 2.23. The van der Waals surface area contributed by atoms with E-state index in [1.165, 1.54) is 0 Å². The molecule has 3 N–H and O–H groups in total. The zero-order valence-electron chi connectivity index (χ0n) is 11.7. The third kappa shape index (κ3) is 4.31. The molecule has 0 fully saturated rings. The lowest BCUT2D eigenvalue weighted by Gasteiger charge is -2.10. The maximum absolute atomic E-state index is 11.1. The Morgan fingerprint density at radius 2 is 2.05 bits per heavy atom. The molecular weight excluding hydrogens is 332 g/mol. The van der Waals surface area contributed by atoms with Gasteiger partial charge in [0.05, 0.1) is 7.11 Å². The first kappa shape index (κ1) is 15.5. The number of carbonyl (C=O) groups is 1. The summed E-state index contributed by atoms with van der Waals surface area (Å²) in [5.41, 5.74) is 7.89. The van der Waals surface area contributed by atoms with Crippen LogP contribution in [0.3, 0.4) is 0 Å². The van der Waals surface area contributed by atoms with Gasteiger partial charge in [0, 0.05) is 28.7 Å². The highest BCUT2D eigenvalue weighted by atomic mass is 79.9. The number of amides is 1. The van der Waals surface area contributed by atoms with E-state index in [9.17, 15) is 4.79 Å². The summed E-state index contributed by atoms with van der Waals surface area (Å²) in [4.78, 5) is 11.1. The lowest BCUT2D eigenvalue weighted by Crippen LogP contribution is -2.15. The number of hydrogen-bond acceptors (Lipinski definition) is 3. The van der Waals surface area contributed by atoms with Crippen molar-refractivity contribution in [3.63, 3.8) is 0 Å². The highest BCUT2D eigenvalue weighted by molar-refractivity contribution is 9.10. The molecule has 0 aliphatic carbocycles. The van der Waals surface area contributed by atoms with Gasteiger partial charge in [-0.25, -0.2) is 0 Å². The Balaban J connectivity index is 1.98. The van der Waals surface area contributed by atoms with Gasteiger partial charge in [0.15, 0.2) is 0 Å². The number of nitrogens with one attached hydrogen (secondary N) is 1. The van der Waals surface area contributed by atoms with Crippen molar-refractivity contribution >= 4 is 21.8 Å². The lowest BCUT2D eigenvalue weighted by atomic mass is 10.1. The average molecular weight is 349 g/mol. The third-order valence-electron chi connectivity index (χ3n) is 3.11. The van der Waals surface area contributed by atoms with Gasteiger partial charge in [-0.3, -0.25) is 4.79 Å². The minimum absolute atomic E-state index is 0.411. The standard InChI is InChI=1S/C16H17BrN2O2/c1-21-15-8-14(17)6-5-13(15)10-19-9-11-3-2-4-12(7-11)16(18)20/h2-8,19H,9-10H2,1H3,(H2,18,20). The van der Waals surface area contributed by atoms with Crippen LogP contribution in [0.4, 0.5) is 0 Å². The second kappa shape index (κ2) is 7.24. The average Bonchev–Trinajstić information content (AvgIpc) is 2.49. The van der Waals surface area contributed by atoms with Crippen LogP contribution in [0, 0.1) is 0 Å². The van der Waals surface area contributed by atoms with Gasteiger partial charge < -0.3 is 15.8 Å². The molecule has 0 heterocycles. The van der Waals surface area contributed by atoms with E-state index in [2.05, 4.69) is 21.2 Å². The fraction of sp³-hybridized carbons (Fsp3) is 0.188. The summed E-state index contributed by atoms with van der Waals surface area (Å²) in [5, 5.41) is 3.33. The topological polar surface area (TPSA) is 64.3 Å². The predicted octanol–water partition coefficient (Wildman–Crippen LogP) is 2.85. The van der Waals surface area contributed by atoms with Gasteiger partial charge in [-0.1, -0.05) is 34.1 Å². The maximum Gasteiger partial charge on any atom is 0.248 e. The molecule has 0 aromatic heterocycles. The summed E-state index contributed by atoms with van der Waals surface area (Å²) in [5.74, 6) is 0.425. The van der Waals surface area contributed by atoms with E-state index >= 15 is 0 Å². The zero-order valence-corrected chi connectivity index (χ0v) is 13.3. The van der Waals surface area contributed by atoms with Gasteiger partial charge in [0.25, 0.3) is 0 Å². The number of hydrogen-bond donors (Lipinski definition) is 2. The molecule has 5 heteroatoms. The Morgan fingerprint density at radius 3 is 2.76 bits per heavy atom. The van der Waals surface area contributed by atoms with Crippen molar-refractivity contribution in [2.75, 3.05) is 7.11 Å². The fourth-order valence-corrected chi connectivity index (χ4v) is 2.38. The first-order valence-electron chi connectivity index (χ1n) is 6.52. The second-order valence-corrected chi connectivity index (χ2v) is 5.54. The summed E-state index contributed by atoms with van der Waals surface area (Å²) in [6.45, 7) is 1.33. The largest absolute Gasteiger partial charge is 0.496 e. The number of primary amides is 1. The quantitative estimate of drug-likeness (QED) is 0.843. The van der Waals surface area contributed by atoms with Gasteiger partial charge in [-0.15, -0.1) is 0 Å². The van der Waals surface area contributed by atoms with Crippen molar-refractivity contribution in [1.29, 1.82) is 0 Å². The molecule has 0 aliphatic rings. The van der Waals surface area contributed by atoms with Gasteiger partial charge in [0.2, 0.25) is 5.91 Å². The van der Waals surface area contributed by atoms with Crippen LogP contribution >= 0.6 is 15.9 Å². The van der Waals surface area contributed by atoms with Crippen molar-refractivity contribution in [2.24, 2.45) is 5.73 Å². The summed E-state index contributed by atoms with van der Waals surface area (Å²) in [6, 6.07) is 13.2. The number of nitrogens with two attached hydrogens (primary N) is 1. The van der Waals surface area contributed by atoms with Crippen LogP contribution < -0.4 is 15.8 Å². The van der Waals surface area contributed by atoms with Gasteiger partial charge in [0.1, 0.15) is 5.75 Å². The Labute approximate surface area is 132 Å². The molecule has 0 radical (unpaired) electrons. The van der Waals surface area contributed by atoms with E-state index in [0.29, 0.717) is 18.7 Å². The van der Waals surface area contributed by atoms with Gasteiger partial charge >= 0.3 is 0 Å². The predicted molar refractivity (Wildman–Crippen MR) is 86.2 cm³/mol. The Kier molecular flexibility index (Phi) is 5.36. The van der Waals surface area contributed by atoms with E-state index in [0.717, 1.165) is 21.3 Å². The molecular formula is C16H17BrN2O2. The lowest BCUT2D eigenvalue weighted by molar-refractivity contribution is 0.1000. The van der Waals surface area contributed by atoms with Crippen molar-refractivity contribution in [3.05, 3.63) is 63.6 Å². The Morgan fingerprint density at radius 1 is 1.24 bits per heavy atom. The highest BCUT2D eigenvalue weighted by Gasteiger charge is 2.04. The normalized spacial score (nSPS) is 10.4. The van der Waals surface area contributed by atoms with Crippen LogP contribution in [-0.2, 0) is 13.1 Å². The molecule has 0 saturated carbocycles. The molecule has 2 aromatic rings. The van der Waals surface area contributed by atoms with Crippen molar-refractivity contribution in [3.8, 4) is 5.75 Å². The van der Waals surface area contributed by atoms with E-state index in [1.54, 1.807) is 19.2 Å². The molecule has 21 heavy (non-hydrogen) atoms. The fourth-order valence-electron chi connectivity index (χ4n) is 2.04. The van der Waals surface area contributed by atoms with E-state index in [4.69, 9.17) is 10.5 Å². The van der Waals surface area contributed by atoms with Crippen molar-refractivity contribution in [1.82, 2.24) is 5.32 Å². The number of halogens is 1. The second-order valence-electron chi connectivity index (χ2n) is 4.62. The maximum atomic E-state index is 11.1. The van der Waals surface area contributed by atoms with Crippen molar-refractivity contribution < 1.29 is 9.53 Å². The molecule has 2 aromatic carbocycles. The first-order chi connectivity index (χ1) is 10.1. The third-order valence-corrected chi connectivity index (χ3v) is 3.60. The molecule has 4 nitrogen and oxygen atoms in total. The number of carbonyl (C=O) groups excluding carboxylic acids is 1. The molecule has 1 amide bonds. The van der Waals surface area contributed by atoms with Crippen LogP contribution in [0.15, 0.2) is 46.9 Å². The summed E-state index contributed by atoms with van der Waals surface area (Å²) < 4.78 is 6.33. The molecule has 110 valence electrons. The van der Waals surface area contributed by atoms with Gasteiger partial charge in [-0.2, -0.15) is 0 Å². The molecule has 0 unspecified atom stereocenters. The molecule has 0 bridgehead atoms. The number of benzene rings is 2. The van der Waals surface area contributed by atoms with Crippen molar-refractivity contribution in [2.45, 2.75) is 13.1 Å². The summed E-state index contributed by atoms with van der Waals surface area (Å²) in [6.07, 6.45) is 0. The molecule has 2 rings (SSSR count). The molecule has 0 saturated heterocycles. The molecule has 0 spiro atoms. The SMILES string of the molecule is COc1cc(Br)ccc1CNCc1cccc(C(N)=O)c1. The minimum atomic E-state index is -0.411. The Bertz CT molecular complexity index is 644. The summed E-state index contributed by atoms with van der Waals surface area (Å²) >= 11 is 3.42. The zero-order chi connectivity index (χ0) is 15.2. The van der Waals surface area contributed by atoms with E-state index in [1.807, 2.05) is 30.3 Å². The minimum Gasteiger partial charge on any atom is -0.496 e. The van der Waals surface area contributed by atoms with Crippen LogP contribution in [-0.4, -0.2) is 13.0 Å². The van der Waals surface area contributed by atoms with Gasteiger partial charge in [-0.05, 0) is 29.8 Å². The van der Waals surface area contributed by atoms with Crippen LogP contribution in [0.1, 0.15) is 21.5 Å². The summed E-state index contributed by atoms with van der Waals surface area (Å²) in [7, 11) is 1.65. The Hall–Kier alpha value is -1.85. The van der Waals surface area contributed by atoms with Crippen LogP contribution in [0.25, 0.3) is 0 Å². The smallest absolute Gasteiger partial charge is 0.248 e. The van der Waals surface area contributed by atoms with E-state index < -0.39 is 5.91 Å².